The fraction of sp³-hybridized carbons (Fsp3) is 0.125. The van der Waals surface area contributed by atoms with Crippen molar-refractivity contribution >= 4 is 35.3 Å². The van der Waals surface area contributed by atoms with E-state index in [9.17, 15) is 23.2 Å². The van der Waals surface area contributed by atoms with Crippen molar-refractivity contribution in [1.29, 1.82) is 0 Å². The zero-order chi connectivity index (χ0) is 23.8. The molecule has 0 radical (unpaired) electrons. The van der Waals surface area contributed by atoms with Gasteiger partial charge in [0, 0.05) is 11.8 Å². The molecule has 3 aromatic rings. The average Bonchev–Trinajstić information content (AvgIpc) is 2.79. The second-order valence-electron chi connectivity index (χ2n) is 6.69. The van der Waals surface area contributed by atoms with E-state index in [-0.39, 0.29) is 16.1 Å². The van der Waals surface area contributed by atoms with E-state index in [4.69, 9.17) is 9.47 Å². The van der Waals surface area contributed by atoms with E-state index in [2.05, 4.69) is 5.32 Å². The molecular weight excluding hydrogens is 452 g/mol. The molecule has 0 aromatic heterocycles. The Morgan fingerprint density at radius 2 is 1.52 bits per heavy atom. The van der Waals surface area contributed by atoms with E-state index in [0.717, 1.165) is 11.1 Å². The minimum absolute atomic E-state index is 0.212. The third-order valence-electron chi connectivity index (χ3n) is 4.28. The van der Waals surface area contributed by atoms with Crippen LogP contribution in [-0.4, -0.2) is 30.2 Å². The molecule has 0 spiro atoms. The van der Waals surface area contributed by atoms with Gasteiger partial charge in [-0.05, 0) is 47.5 Å². The number of carbonyl (C=O) groups is 3. The first-order valence-electron chi connectivity index (χ1n) is 9.71. The third kappa shape index (κ3) is 7.15. The summed E-state index contributed by atoms with van der Waals surface area (Å²) in [6.07, 6.45) is 0. The molecule has 170 valence electrons. The Hall–Kier alpha value is -3.72. The summed E-state index contributed by atoms with van der Waals surface area (Å²) in [5.41, 5.74) is 2.14. The monoisotopic (exact) mass is 471 g/mol. The summed E-state index contributed by atoms with van der Waals surface area (Å²) < 4.78 is 35.3. The van der Waals surface area contributed by atoms with Gasteiger partial charge in [0.25, 0.3) is 11.7 Å². The number of para-hydroxylation sites is 1. The van der Waals surface area contributed by atoms with Gasteiger partial charge in [-0.15, -0.1) is 0 Å². The maximum atomic E-state index is 12.6. The molecule has 3 rings (SSSR count). The predicted octanol–water partition coefficient (Wildman–Crippen LogP) is 5.39. The highest BCUT2D eigenvalue weighted by Crippen LogP contribution is 2.31. The maximum Gasteiger partial charge on any atom is 0.338 e. The lowest BCUT2D eigenvalue weighted by atomic mass is 10.0. The van der Waals surface area contributed by atoms with Crippen LogP contribution in [0.25, 0.3) is 11.1 Å². The molecule has 0 unspecified atom stereocenters. The number of rotatable bonds is 8. The zero-order valence-corrected chi connectivity index (χ0v) is 18.2. The number of amides is 1. The Morgan fingerprint density at radius 3 is 2.12 bits per heavy atom. The van der Waals surface area contributed by atoms with Crippen molar-refractivity contribution in [3.05, 3.63) is 78.4 Å². The number of esters is 2. The van der Waals surface area contributed by atoms with Crippen LogP contribution >= 0.6 is 11.8 Å². The molecule has 1 amide bonds. The lowest BCUT2D eigenvalue weighted by molar-refractivity contribution is -0.131. The Morgan fingerprint density at radius 1 is 0.909 bits per heavy atom. The molecule has 0 aliphatic carbocycles. The van der Waals surface area contributed by atoms with E-state index < -0.39 is 30.2 Å². The summed E-state index contributed by atoms with van der Waals surface area (Å²) >= 11 is 0.313. The number of halogens is 2. The normalized spacial score (nSPS) is 10.5. The predicted molar refractivity (Wildman–Crippen MR) is 120 cm³/mol. The first kappa shape index (κ1) is 23.9. The van der Waals surface area contributed by atoms with E-state index >= 15 is 0 Å². The van der Waals surface area contributed by atoms with Crippen LogP contribution in [0.1, 0.15) is 17.3 Å². The number of alkyl halides is 2. The van der Waals surface area contributed by atoms with E-state index in [0.29, 0.717) is 17.5 Å². The molecule has 33 heavy (non-hydrogen) atoms. The quantitative estimate of drug-likeness (QED) is 0.270. The van der Waals surface area contributed by atoms with Gasteiger partial charge in [0.15, 0.2) is 6.61 Å². The molecule has 0 heterocycles. The number of hydrogen-bond donors (Lipinski definition) is 1. The van der Waals surface area contributed by atoms with Gasteiger partial charge in [0.05, 0.1) is 11.3 Å². The molecule has 9 heteroatoms. The number of hydrogen-bond acceptors (Lipinski definition) is 6. The van der Waals surface area contributed by atoms with Crippen LogP contribution in [-0.2, 0) is 14.3 Å². The first-order chi connectivity index (χ1) is 15.8. The molecule has 0 saturated carbocycles. The highest BCUT2D eigenvalue weighted by Gasteiger charge is 2.14. The second kappa shape index (κ2) is 11.2. The summed E-state index contributed by atoms with van der Waals surface area (Å²) in [5, 5.41) is 2.47. The van der Waals surface area contributed by atoms with Crippen LogP contribution < -0.4 is 10.1 Å². The molecule has 0 saturated heterocycles. The van der Waals surface area contributed by atoms with Gasteiger partial charge in [0.1, 0.15) is 5.75 Å². The van der Waals surface area contributed by atoms with Crippen molar-refractivity contribution in [2.75, 3.05) is 11.9 Å². The van der Waals surface area contributed by atoms with Crippen molar-refractivity contribution in [2.24, 2.45) is 0 Å². The second-order valence-corrected chi connectivity index (χ2v) is 7.73. The van der Waals surface area contributed by atoms with Crippen LogP contribution in [0.15, 0.2) is 77.7 Å². The van der Waals surface area contributed by atoms with Crippen molar-refractivity contribution < 1.29 is 32.6 Å². The van der Waals surface area contributed by atoms with E-state index in [1.54, 1.807) is 60.7 Å². The molecule has 0 fully saturated rings. The van der Waals surface area contributed by atoms with Gasteiger partial charge in [0.2, 0.25) is 0 Å². The Bertz CT molecular complexity index is 1130. The molecule has 3 aromatic carbocycles. The zero-order valence-electron chi connectivity index (χ0n) is 17.4. The summed E-state index contributed by atoms with van der Waals surface area (Å²) in [7, 11) is 0. The molecule has 0 atom stereocenters. The highest BCUT2D eigenvalue weighted by atomic mass is 32.2. The molecular formula is C24H19F2NO5S. The number of nitrogens with one attached hydrogen (secondary N) is 1. The molecule has 0 aliphatic heterocycles. The summed E-state index contributed by atoms with van der Waals surface area (Å²) in [4.78, 5) is 35.6. The van der Waals surface area contributed by atoms with Crippen molar-refractivity contribution in [3.8, 4) is 16.9 Å². The number of ether oxygens (including phenoxy) is 2. The Balaban J connectivity index is 1.56. The van der Waals surface area contributed by atoms with Gasteiger partial charge in [-0.3, -0.25) is 9.59 Å². The van der Waals surface area contributed by atoms with Gasteiger partial charge >= 0.3 is 11.9 Å². The fourth-order valence-electron chi connectivity index (χ4n) is 2.85. The van der Waals surface area contributed by atoms with Crippen LogP contribution in [0.2, 0.25) is 0 Å². The maximum absolute atomic E-state index is 12.6. The molecule has 1 N–H and O–H groups in total. The van der Waals surface area contributed by atoms with Crippen LogP contribution in [0.5, 0.6) is 5.75 Å². The van der Waals surface area contributed by atoms with E-state index in [1.807, 2.05) is 0 Å². The molecule has 6 nitrogen and oxygen atoms in total. The number of anilines is 1. The number of carbonyl (C=O) groups excluding carboxylic acids is 3. The first-order valence-corrected chi connectivity index (χ1v) is 10.6. The largest absolute Gasteiger partial charge is 0.452 e. The highest BCUT2D eigenvalue weighted by molar-refractivity contribution is 7.99. The fourth-order valence-corrected chi connectivity index (χ4v) is 3.44. The lowest BCUT2D eigenvalue weighted by Crippen LogP contribution is -2.21. The van der Waals surface area contributed by atoms with Gasteiger partial charge < -0.3 is 14.8 Å². The average molecular weight is 471 g/mol. The van der Waals surface area contributed by atoms with Gasteiger partial charge in [-0.25, -0.2) is 4.79 Å². The van der Waals surface area contributed by atoms with Crippen molar-refractivity contribution in [1.82, 2.24) is 0 Å². The van der Waals surface area contributed by atoms with Crippen molar-refractivity contribution in [2.45, 2.75) is 17.6 Å². The SMILES string of the molecule is CC(=O)Oc1ccc(-c2ccc(C(=O)OCC(=O)Nc3ccccc3SC(F)F)cc2)cc1. The minimum Gasteiger partial charge on any atom is -0.452 e. The van der Waals surface area contributed by atoms with Crippen LogP contribution in [0.4, 0.5) is 14.5 Å². The summed E-state index contributed by atoms with van der Waals surface area (Å²) in [6.45, 7) is 0.757. The topological polar surface area (TPSA) is 81.7 Å². The standard InChI is InChI=1S/C24H19F2NO5S/c1-15(28)32-19-12-10-17(11-13-19)16-6-8-18(9-7-16)23(30)31-14-22(29)27-20-4-2-3-5-21(20)33-24(25)26/h2-13,24H,14H2,1H3,(H,27,29). The molecule has 0 bridgehead atoms. The number of thioether (sulfide) groups is 1. The minimum atomic E-state index is -2.63. The van der Waals surface area contributed by atoms with Gasteiger partial charge in [-0.2, -0.15) is 8.78 Å². The Labute approximate surface area is 192 Å². The van der Waals surface area contributed by atoms with Crippen LogP contribution in [0, 0.1) is 0 Å². The third-order valence-corrected chi connectivity index (χ3v) is 5.07. The smallest absolute Gasteiger partial charge is 0.338 e. The summed E-state index contributed by atoms with van der Waals surface area (Å²) in [6, 6.07) is 19.6. The molecule has 0 aliphatic rings. The van der Waals surface area contributed by atoms with Crippen molar-refractivity contribution in [3.63, 3.8) is 0 Å². The number of benzene rings is 3. The summed E-state index contributed by atoms with van der Waals surface area (Å²) in [5.74, 6) is -3.95. The Kier molecular flexibility index (Phi) is 8.15. The van der Waals surface area contributed by atoms with Gasteiger partial charge in [-0.1, -0.05) is 48.2 Å². The van der Waals surface area contributed by atoms with E-state index in [1.165, 1.54) is 19.1 Å². The lowest BCUT2D eigenvalue weighted by Gasteiger charge is -2.11. The van der Waals surface area contributed by atoms with Crippen LogP contribution in [0.3, 0.4) is 0 Å².